The summed E-state index contributed by atoms with van der Waals surface area (Å²) >= 11 is 5.90. The zero-order valence-electron chi connectivity index (χ0n) is 23.8. The van der Waals surface area contributed by atoms with Crippen LogP contribution in [0, 0.1) is 11.2 Å². The second kappa shape index (κ2) is 11.0. The number of pyridine rings is 2. The van der Waals surface area contributed by atoms with Gasteiger partial charge in [-0.2, -0.15) is 0 Å². The number of aliphatic hydroxyl groups excluding tert-OH is 1. The third-order valence-corrected chi connectivity index (χ3v) is 7.95. The van der Waals surface area contributed by atoms with E-state index in [1.54, 1.807) is 27.0 Å². The van der Waals surface area contributed by atoms with Crippen LogP contribution in [0.15, 0.2) is 43.2 Å². The number of ether oxygens (including phenoxy) is 1. The minimum atomic E-state index is -1.19. The highest BCUT2D eigenvalue weighted by Gasteiger charge is 2.40. The van der Waals surface area contributed by atoms with Crippen molar-refractivity contribution in [2.45, 2.75) is 58.7 Å². The number of fused-ring (bicyclic) bond motifs is 2. The van der Waals surface area contributed by atoms with Crippen molar-refractivity contribution in [1.82, 2.24) is 39.1 Å². The van der Waals surface area contributed by atoms with Gasteiger partial charge in [0.1, 0.15) is 11.2 Å². The number of amides is 1. The summed E-state index contributed by atoms with van der Waals surface area (Å²) in [7, 11) is 0. The molecule has 1 amide bonds. The van der Waals surface area contributed by atoms with Crippen LogP contribution in [0.25, 0.3) is 11.2 Å². The number of carbonyl (C=O) groups is 2. The summed E-state index contributed by atoms with van der Waals surface area (Å²) in [4.78, 5) is 34.4. The monoisotopic (exact) mass is 608 g/mol. The van der Waals surface area contributed by atoms with Crippen LogP contribution in [-0.2, 0) is 22.6 Å². The lowest BCUT2D eigenvalue weighted by Gasteiger charge is -2.28. The van der Waals surface area contributed by atoms with E-state index in [2.05, 4.69) is 20.6 Å². The first-order chi connectivity index (χ1) is 20.6. The average Bonchev–Trinajstić information content (AvgIpc) is 3.38. The lowest BCUT2D eigenvalue weighted by molar-refractivity contribution is -0.160. The number of halogens is 2. The van der Waals surface area contributed by atoms with Gasteiger partial charge in [-0.1, -0.05) is 16.8 Å². The second-order valence-electron chi connectivity index (χ2n) is 11.2. The van der Waals surface area contributed by atoms with E-state index >= 15 is 0 Å². The van der Waals surface area contributed by atoms with Crippen molar-refractivity contribution in [3.05, 3.63) is 82.3 Å². The van der Waals surface area contributed by atoms with Crippen LogP contribution in [0.3, 0.4) is 0 Å². The number of nitrogens with one attached hydrogen (secondary N) is 1. The van der Waals surface area contributed by atoms with E-state index in [-0.39, 0.29) is 35.9 Å². The summed E-state index contributed by atoms with van der Waals surface area (Å²) in [5, 5.41) is 22.1. The quantitative estimate of drug-likeness (QED) is 0.228. The minimum Gasteiger partial charge on any atom is -0.465 e. The Morgan fingerprint density at radius 1 is 1.26 bits per heavy atom. The Balaban J connectivity index is 1.21. The number of aliphatic hydroxyl groups is 1. The number of nitrogens with zero attached hydrogens (tertiary/aromatic N) is 7. The first-order valence-corrected chi connectivity index (χ1v) is 14.3. The molecule has 0 radical (unpaired) electrons. The van der Waals surface area contributed by atoms with Gasteiger partial charge in [0, 0.05) is 24.2 Å². The fourth-order valence-corrected chi connectivity index (χ4v) is 5.19. The molecule has 0 spiro atoms. The lowest BCUT2D eigenvalue weighted by atomic mass is 9.82. The topological polar surface area (TPSA) is 141 Å². The number of hydrogen-bond donors (Lipinski definition) is 2. The van der Waals surface area contributed by atoms with Crippen molar-refractivity contribution in [3.63, 3.8) is 0 Å². The predicted molar refractivity (Wildman–Crippen MR) is 153 cm³/mol. The van der Waals surface area contributed by atoms with Crippen LogP contribution in [0.2, 0.25) is 5.02 Å². The zero-order chi connectivity index (χ0) is 30.5. The summed E-state index contributed by atoms with van der Waals surface area (Å²) in [5.74, 6) is -1.22. The van der Waals surface area contributed by atoms with Crippen molar-refractivity contribution in [2.24, 2.45) is 5.41 Å². The van der Waals surface area contributed by atoms with E-state index in [9.17, 15) is 19.1 Å². The molecule has 43 heavy (non-hydrogen) atoms. The maximum atomic E-state index is 14.5. The molecule has 224 valence electrons. The second-order valence-corrected chi connectivity index (χ2v) is 11.6. The molecule has 0 saturated heterocycles. The highest BCUT2D eigenvalue weighted by atomic mass is 35.5. The van der Waals surface area contributed by atoms with E-state index in [0.717, 1.165) is 18.4 Å². The molecule has 1 atom stereocenters. The zero-order valence-corrected chi connectivity index (χ0v) is 24.5. The van der Waals surface area contributed by atoms with Crippen LogP contribution >= 0.6 is 11.6 Å². The highest BCUT2D eigenvalue weighted by molar-refractivity contribution is 6.31. The number of hydrogen-bond acceptors (Lipinski definition) is 8. The molecule has 5 heterocycles. The van der Waals surface area contributed by atoms with Gasteiger partial charge in [0.15, 0.2) is 11.5 Å². The molecule has 14 heteroatoms. The van der Waals surface area contributed by atoms with Gasteiger partial charge in [0.2, 0.25) is 0 Å². The molecule has 5 aromatic rings. The number of esters is 1. The Morgan fingerprint density at radius 3 is 2.79 bits per heavy atom. The summed E-state index contributed by atoms with van der Waals surface area (Å²) in [6, 6.07) is 3.35. The van der Waals surface area contributed by atoms with Crippen LogP contribution in [-0.4, -0.2) is 57.4 Å². The SMILES string of the molecule is CCOC(=O)C(C)(C)C(O)c1cc(C2CC2)cn2cc(Cn3cc(C(=O)NCc4ncn5ccc(Cl)c(F)c45)nn3)nc12. The minimum absolute atomic E-state index is 0.0384. The Hall–Kier alpha value is -4.36. The number of rotatable bonds is 10. The molecule has 5 aromatic heterocycles. The molecule has 1 unspecified atom stereocenters. The Bertz CT molecular complexity index is 1860. The molecular weight excluding hydrogens is 579 g/mol. The van der Waals surface area contributed by atoms with Gasteiger partial charge in [0.25, 0.3) is 5.91 Å². The molecule has 0 bridgehead atoms. The molecule has 1 aliphatic rings. The maximum Gasteiger partial charge on any atom is 0.314 e. The van der Waals surface area contributed by atoms with Gasteiger partial charge >= 0.3 is 5.97 Å². The molecular formula is C29H30ClFN8O4. The molecule has 6 rings (SSSR count). The first-order valence-electron chi connectivity index (χ1n) is 13.9. The molecule has 1 aliphatic carbocycles. The van der Waals surface area contributed by atoms with Crippen LogP contribution in [0.4, 0.5) is 4.39 Å². The molecule has 1 fully saturated rings. The van der Waals surface area contributed by atoms with Crippen molar-refractivity contribution in [3.8, 4) is 0 Å². The van der Waals surface area contributed by atoms with Gasteiger partial charge in [-0.25, -0.2) is 19.0 Å². The number of aromatic nitrogens is 7. The normalized spacial score (nSPS) is 14.4. The fourth-order valence-electron chi connectivity index (χ4n) is 5.05. The Kier molecular flexibility index (Phi) is 7.38. The third-order valence-electron chi connectivity index (χ3n) is 7.66. The predicted octanol–water partition coefficient (Wildman–Crippen LogP) is 3.84. The Morgan fingerprint density at radius 2 is 2.05 bits per heavy atom. The summed E-state index contributed by atoms with van der Waals surface area (Å²) in [6.07, 6.45) is 9.31. The highest BCUT2D eigenvalue weighted by Crippen LogP contribution is 2.43. The van der Waals surface area contributed by atoms with Crippen molar-refractivity contribution in [2.75, 3.05) is 6.61 Å². The van der Waals surface area contributed by atoms with Gasteiger partial charge in [-0.3, -0.25) is 9.59 Å². The van der Waals surface area contributed by atoms with Crippen LogP contribution < -0.4 is 5.32 Å². The van der Waals surface area contributed by atoms with Crippen LogP contribution in [0.1, 0.15) is 78.6 Å². The maximum absolute atomic E-state index is 14.5. The van der Waals surface area contributed by atoms with E-state index in [4.69, 9.17) is 21.3 Å². The van der Waals surface area contributed by atoms with E-state index in [1.165, 1.54) is 27.7 Å². The molecule has 12 nitrogen and oxygen atoms in total. The fraction of sp³-hybridized carbons (Fsp3) is 0.379. The van der Waals surface area contributed by atoms with E-state index in [0.29, 0.717) is 28.5 Å². The standard InChI is InChI=1S/C29H30ClFN8O4/c1-4-43-28(42)29(2,3)25(40)19-9-17(16-5-6-16)11-38-12-18(34-26(19)38)13-39-14-22(35-36-39)27(41)32-10-21-24-23(31)20(30)7-8-37(24)15-33-21/h7-9,11-12,14-16,25,40H,4-6,10,13H2,1-3H3,(H,32,41). The van der Waals surface area contributed by atoms with E-state index < -0.39 is 29.2 Å². The number of imidazole rings is 2. The summed E-state index contributed by atoms with van der Waals surface area (Å²) in [6.45, 7) is 5.41. The van der Waals surface area contributed by atoms with Gasteiger partial charge in [-0.05, 0) is 57.2 Å². The van der Waals surface area contributed by atoms with Gasteiger partial charge < -0.3 is 24.0 Å². The smallest absolute Gasteiger partial charge is 0.314 e. The number of carbonyl (C=O) groups excluding carboxylic acids is 2. The third kappa shape index (κ3) is 5.45. The van der Waals surface area contributed by atoms with Gasteiger partial charge in [0.05, 0.1) is 60.2 Å². The molecule has 0 aliphatic heterocycles. The Labute approximate surface area is 250 Å². The summed E-state index contributed by atoms with van der Waals surface area (Å²) < 4.78 is 24.6. The first kappa shape index (κ1) is 28.7. The van der Waals surface area contributed by atoms with Gasteiger partial charge in [-0.15, -0.1) is 5.10 Å². The molecule has 0 aromatic carbocycles. The van der Waals surface area contributed by atoms with Crippen LogP contribution in [0.5, 0.6) is 0 Å². The summed E-state index contributed by atoms with van der Waals surface area (Å²) in [5.41, 5.74) is 2.11. The van der Waals surface area contributed by atoms with E-state index in [1.807, 2.05) is 22.9 Å². The average molecular weight is 609 g/mol. The van der Waals surface area contributed by atoms with Crippen molar-refractivity contribution in [1.29, 1.82) is 0 Å². The van der Waals surface area contributed by atoms with Crippen molar-refractivity contribution < 1.29 is 23.8 Å². The lowest BCUT2D eigenvalue weighted by Crippen LogP contribution is -2.33. The largest absolute Gasteiger partial charge is 0.465 e. The van der Waals surface area contributed by atoms with Crippen molar-refractivity contribution >= 4 is 34.6 Å². The molecule has 1 saturated carbocycles. The molecule has 2 N–H and O–H groups in total.